The van der Waals surface area contributed by atoms with Gasteiger partial charge in [0.05, 0.1) is 18.2 Å². The van der Waals surface area contributed by atoms with Gasteiger partial charge in [-0.2, -0.15) is 0 Å². The molecule has 3 aromatic rings. The second kappa shape index (κ2) is 8.55. The van der Waals surface area contributed by atoms with Crippen LogP contribution in [0.25, 0.3) is 10.9 Å². The van der Waals surface area contributed by atoms with Crippen molar-refractivity contribution in [3.63, 3.8) is 0 Å². The summed E-state index contributed by atoms with van der Waals surface area (Å²) in [5.74, 6) is 1.33. The standard InChI is InChI=1S/C21H25N5O3/c1-15(27)25-19-11-10-18(14-16(19)9-12-21(25)28)29-13-5-8-20-22-23-24-26(20)17-6-3-2-4-7-17/h9-12,14,17H,2-8,13H2,1H3. The first kappa shape index (κ1) is 19.3. The Bertz CT molecular complexity index is 1070. The highest BCUT2D eigenvalue weighted by atomic mass is 16.5. The van der Waals surface area contributed by atoms with Crippen LogP contribution in [0.3, 0.4) is 0 Å². The van der Waals surface area contributed by atoms with Gasteiger partial charge in [-0.3, -0.25) is 9.59 Å². The number of pyridine rings is 1. The molecule has 1 fully saturated rings. The molecule has 4 rings (SSSR count). The predicted molar refractivity (Wildman–Crippen MR) is 108 cm³/mol. The minimum atomic E-state index is -0.325. The molecule has 8 heteroatoms. The quantitative estimate of drug-likeness (QED) is 0.595. The van der Waals surface area contributed by atoms with Gasteiger partial charge in [-0.15, -0.1) is 5.10 Å². The van der Waals surface area contributed by atoms with Gasteiger partial charge in [0.15, 0.2) is 5.82 Å². The molecule has 152 valence electrons. The average molecular weight is 395 g/mol. The van der Waals surface area contributed by atoms with Crippen LogP contribution in [-0.2, 0) is 6.42 Å². The van der Waals surface area contributed by atoms with E-state index in [1.807, 2.05) is 10.7 Å². The van der Waals surface area contributed by atoms with Gasteiger partial charge in [-0.1, -0.05) is 19.3 Å². The van der Waals surface area contributed by atoms with Gasteiger partial charge < -0.3 is 4.74 Å². The van der Waals surface area contributed by atoms with E-state index in [1.54, 1.807) is 18.2 Å². The summed E-state index contributed by atoms with van der Waals surface area (Å²) in [6.45, 7) is 1.92. The summed E-state index contributed by atoms with van der Waals surface area (Å²) >= 11 is 0. The number of aromatic nitrogens is 5. The number of benzene rings is 1. The zero-order chi connectivity index (χ0) is 20.2. The molecule has 8 nitrogen and oxygen atoms in total. The smallest absolute Gasteiger partial charge is 0.257 e. The molecule has 1 aliphatic carbocycles. The van der Waals surface area contributed by atoms with Gasteiger partial charge in [-0.25, -0.2) is 9.25 Å². The van der Waals surface area contributed by atoms with Crippen molar-refractivity contribution < 1.29 is 9.53 Å². The van der Waals surface area contributed by atoms with E-state index in [4.69, 9.17) is 4.74 Å². The fraction of sp³-hybridized carbons (Fsp3) is 0.476. The van der Waals surface area contributed by atoms with Crippen molar-refractivity contribution in [1.82, 2.24) is 24.8 Å². The van der Waals surface area contributed by atoms with Crippen molar-refractivity contribution in [2.45, 2.75) is 57.9 Å². The average Bonchev–Trinajstić information content (AvgIpc) is 3.20. The topological polar surface area (TPSA) is 91.9 Å². The van der Waals surface area contributed by atoms with Crippen LogP contribution in [0.4, 0.5) is 0 Å². The largest absolute Gasteiger partial charge is 0.494 e. The molecule has 0 atom stereocenters. The fourth-order valence-electron chi connectivity index (χ4n) is 4.05. The molecule has 29 heavy (non-hydrogen) atoms. The first-order valence-corrected chi connectivity index (χ1v) is 10.2. The minimum absolute atomic E-state index is 0.301. The van der Waals surface area contributed by atoms with Crippen molar-refractivity contribution in [1.29, 1.82) is 0 Å². The lowest BCUT2D eigenvalue weighted by molar-refractivity contribution is 0.0937. The molecule has 0 radical (unpaired) electrons. The van der Waals surface area contributed by atoms with Crippen LogP contribution in [0.5, 0.6) is 5.75 Å². The van der Waals surface area contributed by atoms with E-state index in [9.17, 15) is 9.59 Å². The van der Waals surface area contributed by atoms with Crippen LogP contribution < -0.4 is 10.3 Å². The van der Waals surface area contributed by atoms with Crippen molar-refractivity contribution in [3.05, 3.63) is 46.5 Å². The first-order valence-electron chi connectivity index (χ1n) is 10.2. The van der Waals surface area contributed by atoms with E-state index < -0.39 is 0 Å². The van der Waals surface area contributed by atoms with E-state index in [2.05, 4.69) is 15.5 Å². The third-order valence-electron chi connectivity index (χ3n) is 5.48. The highest BCUT2D eigenvalue weighted by molar-refractivity contribution is 5.90. The Morgan fingerprint density at radius 1 is 1.17 bits per heavy atom. The van der Waals surface area contributed by atoms with Gasteiger partial charge in [0.2, 0.25) is 5.91 Å². The lowest BCUT2D eigenvalue weighted by Gasteiger charge is -2.22. The minimum Gasteiger partial charge on any atom is -0.494 e. The molecule has 1 saturated carbocycles. The summed E-state index contributed by atoms with van der Waals surface area (Å²) in [5.41, 5.74) is 0.262. The summed E-state index contributed by atoms with van der Waals surface area (Å²) in [6, 6.07) is 8.92. The number of hydrogen-bond acceptors (Lipinski definition) is 6. The fourth-order valence-corrected chi connectivity index (χ4v) is 4.05. The lowest BCUT2D eigenvalue weighted by atomic mass is 9.95. The van der Waals surface area contributed by atoms with Crippen molar-refractivity contribution in [2.24, 2.45) is 0 Å². The molecule has 1 aliphatic rings. The Balaban J connectivity index is 1.37. The number of carbonyl (C=O) groups is 1. The molecule has 0 bridgehead atoms. The maximum Gasteiger partial charge on any atom is 0.257 e. The van der Waals surface area contributed by atoms with E-state index in [-0.39, 0.29) is 11.5 Å². The van der Waals surface area contributed by atoms with Gasteiger partial charge in [0.25, 0.3) is 5.56 Å². The first-order chi connectivity index (χ1) is 14.1. The van der Waals surface area contributed by atoms with Crippen molar-refractivity contribution in [3.8, 4) is 5.75 Å². The van der Waals surface area contributed by atoms with Crippen molar-refractivity contribution in [2.75, 3.05) is 6.61 Å². The van der Waals surface area contributed by atoms with Crippen LogP contribution >= 0.6 is 0 Å². The summed E-state index contributed by atoms with van der Waals surface area (Å²) in [7, 11) is 0. The Morgan fingerprint density at radius 2 is 2.00 bits per heavy atom. The van der Waals surface area contributed by atoms with E-state index in [1.165, 1.54) is 36.8 Å². The monoisotopic (exact) mass is 395 g/mol. The van der Waals surface area contributed by atoms with Crippen molar-refractivity contribution >= 4 is 16.8 Å². The number of rotatable bonds is 6. The van der Waals surface area contributed by atoms with Crippen LogP contribution in [0, 0.1) is 0 Å². The van der Waals surface area contributed by atoms with Crippen LogP contribution in [0.15, 0.2) is 35.1 Å². The number of aryl methyl sites for hydroxylation is 1. The zero-order valence-corrected chi connectivity index (χ0v) is 16.6. The third-order valence-corrected chi connectivity index (χ3v) is 5.48. The Morgan fingerprint density at radius 3 is 2.79 bits per heavy atom. The van der Waals surface area contributed by atoms with Gasteiger partial charge in [-0.05, 0) is 54.0 Å². The Hall–Kier alpha value is -3.03. The predicted octanol–water partition coefficient (Wildman–Crippen LogP) is 3.16. The molecule has 0 N–H and O–H groups in total. The van der Waals surface area contributed by atoms with Crippen LogP contribution in [-0.4, -0.2) is 37.3 Å². The molecule has 2 aromatic heterocycles. The van der Waals surface area contributed by atoms with Gasteiger partial charge in [0.1, 0.15) is 5.75 Å². The Kier molecular flexibility index (Phi) is 5.69. The van der Waals surface area contributed by atoms with Gasteiger partial charge >= 0.3 is 0 Å². The number of nitrogens with zero attached hydrogens (tertiary/aromatic N) is 5. The summed E-state index contributed by atoms with van der Waals surface area (Å²) < 4.78 is 9.05. The number of fused-ring (bicyclic) bond motifs is 1. The maximum absolute atomic E-state index is 11.9. The second-order valence-electron chi connectivity index (χ2n) is 7.53. The molecule has 0 amide bonds. The molecule has 0 aliphatic heterocycles. The van der Waals surface area contributed by atoms with Gasteiger partial charge in [0, 0.05) is 24.8 Å². The highest BCUT2D eigenvalue weighted by Gasteiger charge is 2.19. The molecule has 0 saturated heterocycles. The third kappa shape index (κ3) is 4.21. The highest BCUT2D eigenvalue weighted by Crippen LogP contribution is 2.28. The summed E-state index contributed by atoms with van der Waals surface area (Å²) in [6.07, 6.45) is 7.65. The maximum atomic E-state index is 11.9. The summed E-state index contributed by atoms with van der Waals surface area (Å²) in [4.78, 5) is 23.7. The van der Waals surface area contributed by atoms with E-state index in [0.717, 1.165) is 36.9 Å². The normalized spacial score (nSPS) is 14.9. The van der Waals surface area contributed by atoms with E-state index in [0.29, 0.717) is 23.9 Å². The number of tetrazole rings is 1. The van der Waals surface area contributed by atoms with E-state index >= 15 is 0 Å². The molecule has 0 unspecified atom stereocenters. The second-order valence-corrected chi connectivity index (χ2v) is 7.53. The number of carbonyl (C=O) groups excluding carboxylic acids is 1. The molecular weight excluding hydrogens is 370 g/mol. The summed E-state index contributed by atoms with van der Waals surface area (Å²) in [5, 5.41) is 13.0. The molecule has 0 spiro atoms. The van der Waals surface area contributed by atoms with Crippen LogP contribution in [0.1, 0.15) is 62.1 Å². The molecule has 2 heterocycles. The Labute approximate surface area is 168 Å². The lowest BCUT2D eigenvalue weighted by Crippen LogP contribution is -2.23. The SMILES string of the molecule is CC(=O)n1c(=O)ccc2cc(OCCCc3nnnn3C3CCCCC3)ccc21. The number of ether oxygens (including phenoxy) is 1. The zero-order valence-electron chi connectivity index (χ0n) is 16.6. The molecular formula is C21H25N5O3. The number of hydrogen-bond donors (Lipinski definition) is 0. The molecule has 1 aromatic carbocycles. The van der Waals surface area contributed by atoms with Crippen LogP contribution in [0.2, 0.25) is 0 Å².